The standard InChI is InChI=1S/C19H14BrNS/c20-17-13-22-18-10-11-21(19(17)18)12-14-6-8-16(9-7-14)15-4-2-1-3-5-15/h1-11,13H,12H2. The monoisotopic (exact) mass is 367 g/mol. The van der Waals surface area contributed by atoms with Crippen molar-refractivity contribution in [2.75, 3.05) is 0 Å². The first-order valence-corrected chi connectivity index (χ1v) is 8.85. The third-order valence-corrected chi connectivity index (χ3v) is 5.70. The molecule has 4 aromatic rings. The van der Waals surface area contributed by atoms with Crippen LogP contribution in [0.5, 0.6) is 0 Å². The minimum absolute atomic E-state index is 0.897. The Morgan fingerprint density at radius 2 is 1.59 bits per heavy atom. The SMILES string of the molecule is Brc1csc2ccn(Cc3ccc(-c4ccccc4)cc3)c12. The molecule has 1 nitrogen and oxygen atoms in total. The fourth-order valence-corrected chi connectivity index (χ4v) is 4.41. The van der Waals surface area contributed by atoms with E-state index in [9.17, 15) is 0 Å². The van der Waals surface area contributed by atoms with E-state index >= 15 is 0 Å². The van der Waals surface area contributed by atoms with Gasteiger partial charge in [-0.2, -0.15) is 0 Å². The fourth-order valence-electron chi connectivity index (χ4n) is 2.74. The van der Waals surface area contributed by atoms with Crippen molar-refractivity contribution < 1.29 is 0 Å². The Morgan fingerprint density at radius 3 is 2.36 bits per heavy atom. The molecular formula is C19H14BrNS. The van der Waals surface area contributed by atoms with Crippen LogP contribution in [0.1, 0.15) is 5.56 Å². The van der Waals surface area contributed by atoms with Crippen molar-refractivity contribution in [3.63, 3.8) is 0 Å². The quantitative estimate of drug-likeness (QED) is 0.407. The van der Waals surface area contributed by atoms with E-state index in [1.54, 1.807) is 11.3 Å². The highest BCUT2D eigenvalue weighted by Crippen LogP contribution is 2.31. The third-order valence-electron chi connectivity index (χ3n) is 3.86. The summed E-state index contributed by atoms with van der Waals surface area (Å²) in [6, 6.07) is 21.5. The fraction of sp³-hybridized carbons (Fsp3) is 0.0526. The zero-order chi connectivity index (χ0) is 14.9. The van der Waals surface area contributed by atoms with Crippen molar-refractivity contribution in [3.8, 4) is 11.1 Å². The van der Waals surface area contributed by atoms with Crippen LogP contribution in [-0.2, 0) is 6.54 Å². The molecule has 0 amide bonds. The van der Waals surface area contributed by atoms with Crippen molar-refractivity contribution in [1.29, 1.82) is 0 Å². The van der Waals surface area contributed by atoms with Gasteiger partial charge in [0.1, 0.15) is 0 Å². The lowest BCUT2D eigenvalue weighted by Crippen LogP contribution is -1.97. The summed E-state index contributed by atoms with van der Waals surface area (Å²) in [5, 5.41) is 2.15. The van der Waals surface area contributed by atoms with E-state index < -0.39 is 0 Å². The van der Waals surface area contributed by atoms with Crippen LogP contribution >= 0.6 is 27.3 Å². The summed E-state index contributed by atoms with van der Waals surface area (Å²) < 4.78 is 4.80. The first-order chi connectivity index (χ1) is 10.8. The van der Waals surface area contributed by atoms with Crippen LogP contribution in [0.4, 0.5) is 0 Å². The molecule has 3 heteroatoms. The second-order valence-electron chi connectivity index (χ2n) is 5.30. The van der Waals surface area contributed by atoms with Gasteiger partial charge in [-0.05, 0) is 38.7 Å². The van der Waals surface area contributed by atoms with E-state index in [0.29, 0.717) is 0 Å². The van der Waals surface area contributed by atoms with Gasteiger partial charge in [0.25, 0.3) is 0 Å². The predicted octanol–water partition coefficient (Wildman–Crippen LogP) is 6.18. The number of halogens is 1. The molecule has 0 radical (unpaired) electrons. The average molecular weight is 368 g/mol. The molecule has 0 saturated carbocycles. The summed E-state index contributed by atoms with van der Waals surface area (Å²) in [6.45, 7) is 0.897. The zero-order valence-electron chi connectivity index (χ0n) is 11.9. The number of fused-ring (bicyclic) bond motifs is 1. The molecule has 0 atom stereocenters. The summed E-state index contributed by atoms with van der Waals surface area (Å²) in [7, 11) is 0. The van der Waals surface area contributed by atoms with Gasteiger partial charge in [-0.15, -0.1) is 11.3 Å². The van der Waals surface area contributed by atoms with Gasteiger partial charge < -0.3 is 4.57 Å². The summed E-state index contributed by atoms with van der Waals surface area (Å²) >= 11 is 5.42. The second kappa shape index (κ2) is 5.75. The van der Waals surface area contributed by atoms with Gasteiger partial charge in [-0.1, -0.05) is 54.6 Å². The van der Waals surface area contributed by atoms with Crippen molar-refractivity contribution in [1.82, 2.24) is 4.57 Å². The molecule has 108 valence electrons. The van der Waals surface area contributed by atoms with Crippen LogP contribution in [-0.4, -0.2) is 4.57 Å². The molecule has 0 aliphatic heterocycles. The third kappa shape index (κ3) is 2.51. The molecule has 22 heavy (non-hydrogen) atoms. The maximum atomic E-state index is 3.64. The molecule has 0 fully saturated rings. The molecular weight excluding hydrogens is 354 g/mol. The lowest BCUT2D eigenvalue weighted by Gasteiger charge is -2.07. The Labute approximate surface area is 142 Å². The highest BCUT2D eigenvalue weighted by atomic mass is 79.9. The Kier molecular flexibility index (Phi) is 3.60. The Bertz CT molecular complexity index is 904. The minimum atomic E-state index is 0.897. The van der Waals surface area contributed by atoms with Crippen LogP contribution in [0.2, 0.25) is 0 Å². The largest absolute Gasteiger partial charge is 0.341 e. The van der Waals surface area contributed by atoms with E-state index in [2.05, 4.69) is 86.7 Å². The first-order valence-electron chi connectivity index (χ1n) is 7.17. The number of nitrogens with zero attached hydrogens (tertiary/aromatic N) is 1. The van der Waals surface area contributed by atoms with Gasteiger partial charge in [0.05, 0.1) is 14.7 Å². The van der Waals surface area contributed by atoms with E-state index in [4.69, 9.17) is 0 Å². The van der Waals surface area contributed by atoms with Crippen molar-refractivity contribution in [2.45, 2.75) is 6.54 Å². The summed E-state index contributed by atoms with van der Waals surface area (Å²) in [5.41, 5.74) is 5.13. The van der Waals surface area contributed by atoms with Crippen LogP contribution in [0.25, 0.3) is 21.3 Å². The van der Waals surface area contributed by atoms with Gasteiger partial charge in [-0.3, -0.25) is 0 Å². The number of hydrogen-bond acceptors (Lipinski definition) is 1. The van der Waals surface area contributed by atoms with Gasteiger partial charge in [0.2, 0.25) is 0 Å². The number of hydrogen-bond donors (Lipinski definition) is 0. The Hall–Kier alpha value is -1.84. The second-order valence-corrected chi connectivity index (χ2v) is 7.07. The van der Waals surface area contributed by atoms with E-state index in [0.717, 1.165) is 6.54 Å². The van der Waals surface area contributed by atoms with Gasteiger partial charge in [0.15, 0.2) is 0 Å². The van der Waals surface area contributed by atoms with E-state index in [1.807, 2.05) is 6.07 Å². The summed E-state index contributed by atoms with van der Waals surface area (Å²) in [6.07, 6.45) is 2.16. The number of rotatable bonds is 3. The highest BCUT2D eigenvalue weighted by Gasteiger charge is 2.07. The molecule has 0 spiro atoms. The van der Waals surface area contributed by atoms with Gasteiger partial charge in [-0.25, -0.2) is 0 Å². The topological polar surface area (TPSA) is 4.93 Å². The smallest absolute Gasteiger partial charge is 0.0737 e. The molecule has 0 N–H and O–H groups in total. The predicted molar refractivity (Wildman–Crippen MR) is 98.5 cm³/mol. The number of thiophene rings is 1. The van der Waals surface area contributed by atoms with Gasteiger partial charge >= 0.3 is 0 Å². The molecule has 0 aliphatic carbocycles. The Balaban J connectivity index is 1.63. The average Bonchev–Trinajstić information content (AvgIpc) is 3.13. The number of aromatic nitrogens is 1. The molecule has 0 saturated heterocycles. The van der Waals surface area contributed by atoms with Crippen LogP contribution in [0.3, 0.4) is 0 Å². The maximum absolute atomic E-state index is 3.64. The lowest BCUT2D eigenvalue weighted by atomic mass is 10.0. The summed E-state index contributed by atoms with van der Waals surface area (Å²) in [4.78, 5) is 0. The Morgan fingerprint density at radius 1 is 0.864 bits per heavy atom. The molecule has 0 bridgehead atoms. The normalized spacial score (nSPS) is 11.1. The molecule has 0 unspecified atom stereocenters. The van der Waals surface area contributed by atoms with Crippen LogP contribution in [0, 0.1) is 0 Å². The molecule has 4 rings (SSSR count). The van der Waals surface area contributed by atoms with E-state index in [1.165, 1.54) is 31.4 Å². The number of benzene rings is 2. The molecule has 0 aliphatic rings. The molecule has 2 heterocycles. The van der Waals surface area contributed by atoms with Crippen molar-refractivity contribution in [2.24, 2.45) is 0 Å². The van der Waals surface area contributed by atoms with Crippen molar-refractivity contribution >= 4 is 37.5 Å². The van der Waals surface area contributed by atoms with Gasteiger partial charge in [0, 0.05) is 18.1 Å². The van der Waals surface area contributed by atoms with Crippen molar-refractivity contribution in [3.05, 3.63) is 82.3 Å². The molecule has 2 aromatic heterocycles. The molecule has 2 aromatic carbocycles. The van der Waals surface area contributed by atoms with Crippen LogP contribution in [0.15, 0.2) is 76.7 Å². The first kappa shape index (κ1) is 13.8. The zero-order valence-corrected chi connectivity index (χ0v) is 14.3. The highest BCUT2D eigenvalue weighted by molar-refractivity contribution is 9.10. The minimum Gasteiger partial charge on any atom is -0.341 e. The maximum Gasteiger partial charge on any atom is 0.0737 e. The summed E-state index contributed by atoms with van der Waals surface area (Å²) in [5.74, 6) is 0. The van der Waals surface area contributed by atoms with E-state index in [-0.39, 0.29) is 0 Å². The lowest BCUT2D eigenvalue weighted by molar-refractivity contribution is 0.836. The van der Waals surface area contributed by atoms with Crippen LogP contribution < -0.4 is 0 Å².